The molecule has 0 fully saturated rings. The fourth-order valence-corrected chi connectivity index (χ4v) is 4.66. The lowest BCUT2D eigenvalue weighted by Crippen LogP contribution is -2.50. The standard InChI is InChI=1S/C27H32N8O7/c1-16-10-35(17(2)13-36)26(38)20-8-18(29-25(37)12-34-14-28-31-32-34)4-6-21(20)42-24(16)11-33(3)27(39)30-19-5-7-22-23(9-19)41-15-40-22/h4-9,14,16-17,24,36H,10-13,15H2,1-3H3,(H,29,37)(H,30,39)/t16-,17+,24-/m1/s1. The van der Waals surface area contributed by atoms with Crippen molar-refractivity contribution in [3.8, 4) is 17.2 Å². The first-order valence-corrected chi connectivity index (χ1v) is 13.4. The van der Waals surface area contributed by atoms with Crippen molar-refractivity contribution in [2.24, 2.45) is 5.92 Å². The van der Waals surface area contributed by atoms with Gasteiger partial charge >= 0.3 is 6.03 Å². The van der Waals surface area contributed by atoms with Crippen molar-refractivity contribution >= 4 is 29.2 Å². The third kappa shape index (κ3) is 6.35. The van der Waals surface area contributed by atoms with Crippen LogP contribution in [0.5, 0.6) is 17.2 Å². The van der Waals surface area contributed by atoms with E-state index >= 15 is 0 Å². The molecule has 15 heteroatoms. The summed E-state index contributed by atoms with van der Waals surface area (Å²) in [4.78, 5) is 42.3. The van der Waals surface area contributed by atoms with Crippen molar-refractivity contribution in [2.75, 3.05) is 44.2 Å². The molecule has 5 rings (SSSR count). The maximum atomic E-state index is 13.6. The predicted molar refractivity (Wildman–Crippen MR) is 148 cm³/mol. The molecule has 2 aliphatic heterocycles. The van der Waals surface area contributed by atoms with Crippen LogP contribution in [-0.4, -0.2) is 98.6 Å². The Bertz CT molecular complexity index is 1450. The van der Waals surface area contributed by atoms with Gasteiger partial charge in [-0.3, -0.25) is 9.59 Å². The third-order valence-electron chi connectivity index (χ3n) is 7.07. The first kappa shape index (κ1) is 28.6. The number of nitrogens with zero attached hydrogens (tertiary/aromatic N) is 6. The number of ether oxygens (including phenoxy) is 3. The highest BCUT2D eigenvalue weighted by molar-refractivity contribution is 6.00. The highest BCUT2D eigenvalue weighted by atomic mass is 16.7. The number of likely N-dealkylation sites (N-methyl/N-ethyl adjacent to an activating group) is 1. The molecule has 0 bridgehead atoms. The summed E-state index contributed by atoms with van der Waals surface area (Å²) in [7, 11) is 1.65. The highest BCUT2D eigenvalue weighted by Gasteiger charge is 2.34. The number of hydrogen-bond donors (Lipinski definition) is 3. The average molecular weight is 581 g/mol. The van der Waals surface area contributed by atoms with E-state index in [0.717, 1.165) is 0 Å². The van der Waals surface area contributed by atoms with Crippen LogP contribution < -0.4 is 24.8 Å². The largest absolute Gasteiger partial charge is 0.487 e. The van der Waals surface area contributed by atoms with Crippen LogP contribution in [0.1, 0.15) is 24.2 Å². The Morgan fingerprint density at radius 3 is 2.60 bits per heavy atom. The van der Waals surface area contributed by atoms with Crippen molar-refractivity contribution in [3.63, 3.8) is 0 Å². The molecular weight excluding hydrogens is 548 g/mol. The maximum absolute atomic E-state index is 13.6. The van der Waals surface area contributed by atoms with Gasteiger partial charge in [-0.15, -0.1) is 5.10 Å². The molecule has 15 nitrogen and oxygen atoms in total. The second kappa shape index (κ2) is 12.3. The maximum Gasteiger partial charge on any atom is 0.321 e. The van der Waals surface area contributed by atoms with Gasteiger partial charge in [0.15, 0.2) is 11.5 Å². The molecule has 3 N–H and O–H groups in total. The SMILES string of the molecule is C[C@@H]1CN([C@@H](C)CO)C(=O)c2cc(NC(=O)Cn3cnnn3)ccc2O[C@@H]1CN(C)C(=O)Nc1ccc2c(c1)OCO2. The van der Waals surface area contributed by atoms with Gasteiger partial charge < -0.3 is 39.8 Å². The van der Waals surface area contributed by atoms with Gasteiger partial charge in [0.05, 0.1) is 24.8 Å². The molecule has 4 amide bonds. The lowest BCUT2D eigenvalue weighted by atomic mass is 9.99. The fourth-order valence-electron chi connectivity index (χ4n) is 4.66. The second-order valence-corrected chi connectivity index (χ2v) is 10.3. The molecule has 0 unspecified atom stereocenters. The quantitative estimate of drug-likeness (QED) is 0.354. The number of nitrogens with one attached hydrogen (secondary N) is 2. The first-order chi connectivity index (χ1) is 20.2. The molecular formula is C27H32N8O7. The van der Waals surface area contributed by atoms with Gasteiger partial charge in [0.1, 0.15) is 24.7 Å². The number of aliphatic hydroxyl groups is 1. The summed E-state index contributed by atoms with van der Waals surface area (Å²) in [5.41, 5.74) is 1.15. The van der Waals surface area contributed by atoms with Crippen molar-refractivity contribution < 1.29 is 33.7 Å². The number of benzene rings is 2. The smallest absolute Gasteiger partial charge is 0.321 e. The molecule has 1 aromatic heterocycles. The Morgan fingerprint density at radius 1 is 1.12 bits per heavy atom. The van der Waals surface area contributed by atoms with E-state index in [9.17, 15) is 19.5 Å². The third-order valence-corrected chi connectivity index (χ3v) is 7.07. The normalized spacial score (nSPS) is 18.3. The Hall–Kier alpha value is -4.92. The van der Waals surface area contributed by atoms with Crippen LogP contribution in [0.2, 0.25) is 0 Å². The van der Waals surface area contributed by atoms with Crippen LogP contribution in [0.25, 0.3) is 0 Å². The van der Waals surface area contributed by atoms with Crippen LogP contribution >= 0.6 is 0 Å². The van der Waals surface area contributed by atoms with Gasteiger partial charge in [0.25, 0.3) is 5.91 Å². The van der Waals surface area contributed by atoms with Crippen LogP contribution in [0, 0.1) is 5.92 Å². The minimum Gasteiger partial charge on any atom is -0.487 e. The van der Waals surface area contributed by atoms with Gasteiger partial charge in [-0.05, 0) is 47.7 Å². The number of amides is 4. The van der Waals surface area contributed by atoms with Gasteiger partial charge in [0, 0.05) is 37.0 Å². The molecule has 2 aliphatic rings. The molecule has 3 atom stereocenters. The number of aliphatic hydroxyl groups excluding tert-OH is 1. The van der Waals surface area contributed by atoms with Crippen molar-refractivity contribution in [1.29, 1.82) is 0 Å². The van der Waals surface area contributed by atoms with E-state index in [1.165, 1.54) is 22.0 Å². The molecule has 0 radical (unpaired) electrons. The Labute approximate surface area is 241 Å². The molecule has 2 aromatic carbocycles. The number of anilines is 2. The van der Waals surface area contributed by atoms with Crippen LogP contribution in [0.3, 0.4) is 0 Å². The Kier molecular flexibility index (Phi) is 8.38. The molecule has 3 heterocycles. The number of rotatable bonds is 8. The summed E-state index contributed by atoms with van der Waals surface area (Å²) in [5, 5.41) is 26.2. The zero-order valence-corrected chi connectivity index (χ0v) is 23.4. The van der Waals surface area contributed by atoms with Gasteiger partial charge in [0.2, 0.25) is 12.7 Å². The zero-order chi connectivity index (χ0) is 29.8. The Balaban J connectivity index is 1.33. The van der Waals surface area contributed by atoms with Crippen LogP contribution in [0.15, 0.2) is 42.7 Å². The summed E-state index contributed by atoms with van der Waals surface area (Å²) in [6, 6.07) is 9.09. The molecule has 42 heavy (non-hydrogen) atoms. The van der Waals surface area contributed by atoms with Crippen LogP contribution in [-0.2, 0) is 11.3 Å². The van der Waals surface area contributed by atoms with Crippen LogP contribution in [0.4, 0.5) is 16.2 Å². The average Bonchev–Trinajstić information content (AvgIpc) is 3.66. The number of carbonyl (C=O) groups is 3. The van der Waals surface area contributed by atoms with E-state index < -0.39 is 12.1 Å². The minimum atomic E-state index is -0.502. The van der Waals surface area contributed by atoms with E-state index in [4.69, 9.17) is 14.2 Å². The summed E-state index contributed by atoms with van der Waals surface area (Å²) in [6.45, 7) is 3.95. The molecule has 0 aliphatic carbocycles. The molecule has 0 saturated heterocycles. The van der Waals surface area contributed by atoms with Gasteiger partial charge in [-0.25, -0.2) is 9.48 Å². The van der Waals surface area contributed by atoms with E-state index in [0.29, 0.717) is 28.6 Å². The number of fused-ring (bicyclic) bond motifs is 2. The molecule has 0 spiro atoms. The molecule has 222 valence electrons. The summed E-state index contributed by atoms with van der Waals surface area (Å²) in [6.07, 6.45) is 0.817. The van der Waals surface area contributed by atoms with E-state index in [-0.39, 0.29) is 62.4 Å². The van der Waals surface area contributed by atoms with E-state index in [1.54, 1.807) is 49.2 Å². The summed E-state index contributed by atoms with van der Waals surface area (Å²) in [5.74, 6) is 0.536. The second-order valence-electron chi connectivity index (χ2n) is 10.3. The topological polar surface area (TPSA) is 173 Å². The lowest BCUT2D eigenvalue weighted by Gasteiger charge is -2.38. The van der Waals surface area contributed by atoms with Gasteiger partial charge in [-0.1, -0.05) is 6.92 Å². The number of aromatic nitrogens is 4. The van der Waals surface area contributed by atoms with Crippen molar-refractivity contribution in [3.05, 3.63) is 48.3 Å². The zero-order valence-electron chi connectivity index (χ0n) is 23.4. The number of carbonyl (C=O) groups excluding carboxylic acids is 3. The lowest BCUT2D eigenvalue weighted by molar-refractivity contribution is -0.116. The summed E-state index contributed by atoms with van der Waals surface area (Å²) >= 11 is 0. The fraction of sp³-hybridized carbons (Fsp3) is 0.407. The summed E-state index contributed by atoms with van der Waals surface area (Å²) < 4.78 is 18.3. The minimum absolute atomic E-state index is 0.109. The number of urea groups is 1. The molecule has 0 saturated carbocycles. The molecule has 3 aromatic rings. The Morgan fingerprint density at radius 2 is 1.86 bits per heavy atom. The van der Waals surface area contributed by atoms with Crippen molar-refractivity contribution in [1.82, 2.24) is 30.0 Å². The van der Waals surface area contributed by atoms with E-state index in [2.05, 4.69) is 26.2 Å². The predicted octanol–water partition coefficient (Wildman–Crippen LogP) is 1.42. The monoisotopic (exact) mass is 580 g/mol. The first-order valence-electron chi connectivity index (χ1n) is 13.4. The van der Waals surface area contributed by atoms with Crippen molar-refractivity contribution in [2.45, 2.75) is 32.5 Å². The number of tetrazole rings is 1. The number of hydrogen-bond acceptors (Lipinski definition) is 10. The highest BCUT2D eigenvalue weighted by Crippen LogP contribution is 2.34. The van der Waals surface area contributed by atoms with Gasteiger partial charge in [-0.2, -0.15) is 0 Å². The van der Waals surface area contributed by atoms with E-state index in [1.807, 2.05) is 6.92 Å².